The van der Waals surface area contributed by atoms with Gasteiger partial charge in [-0.15, -0.1) is 0 Å². The van der Waals surface area contributed by atoms with Gasteiger partial charge in [-0.2, -0.15) is 0 Å². The molecule has 3 aromatic rings. The van der Waals surface area contributed by atoms with Gasteiger partial charge in [-0.05, 0) is 64.5 Å². The van der Waals surface area contributed by atoms with Gasteiger partial charge in [0.25, 0.3) is 5.91 Å². The number of amides is 2. The van der Waals surface area contributed by atoms with Crippen molar-refractivity contribution in [2.45, 2.75) is 0 Å². The summed E-state index contributed by atoms with van der Waals surface area (Å²) in [4.78, 5) is 24.7. The molecule has 1 aromatic heterocycles. The van der Waals surface area contributed by atoms with Crippen molar-refractivity contribution in [1.29, 1.82) is 0 Å². The Morgan fingerprint density at radius 3 is 2.52 bits per heavy atom. The largest absolute Gasteiger partial charge is 0.495 e. The normalized spacial score (nSPS) is 10.7. The fourth-order valence-electron chi connectivity index (χ4n) is 2.74. The maximum absolute atomic E-state index is 12.5. The van der Waals surface area contributed by atoms with Crippen molar-refractivity contribution in [3.8, 4) is 11.5 Å². The van der Waals surface area contributed by atoms with E-state index in [0.717, 1.165) is 8.95 Å². The van der Waals surface area contributed by atoms with Gasteiger partial charge in [0.1, 0.15) is 11.5 Å². The van der Waals surface area contributed by atoms with Crippen molar-refractivity contribution in [2.24, 2.45) is 0 Å². The van der Waals surface area contributed by atoms with E-state index in [1.807, 2.05) is 12.1 Å². The number of anilines is 2. The summed E-state index contributed by atoms with van der Waals surface area (Å²) in [6.07, 6.45) is 4.43. The predicted molar refractivity (Wildman–Crippen MR) is 126 cm³/mol. The lowest BCUT2D eigenvalue weighted by molar-refractivity contribution is -0.111. The minimum atomic E-state index is -0.403. The van der Waals surface area contributed by atoms with E-state index in [4.69, 9.17) is 13.9 Å². The van der Waals surface area contributed by atoms with Crippen LogP contribution in [0.5, 0.6) is 11.5 Å². The summed E-state index contributed by atoms with van der Waals surface area (Å²) < 4.78 is 17.4. The van der Waals surface area contributed by atoms with E-state index in [1.54, 1.807) is 43.5 Å². The Labute approximate surface area is 195 Å². The zero-order chi connectivity index (χ0) is 22.4. The summed E-state index contributed by atoms with van der Waals surface area (Å²) in [6, 6.07) is 11.8. The summed E-state index contributed by atoms with van der Waals surface area (Å²) in [5.41, 5.74) is 1.58. The van der Waals surface area contributed by atoms with Crippen LogP contribution >= 0.6 is 31.9 Å². The zero-order valence-electron chi connectivity index (χ0n) is 16.6. The first-order valence-electron chi connectivity index (χ1n) is 8.96. The van der Waals surface area contributed by atoms with Gasteiger partial charge in [0.2, 0.25) is 5.91 Å². The highest BCUT2D eigenvalue weighted by atomic mass is 79.9. The Kier molecular flexibility index (Phi) is 7.54. The fourth-order valence-corrected chi connectivity index (χ4v) is 4.16. The maximum atomic E-state index is 12.5. The number of ether oxygens (including phenoxy) is 2. The Morgan fingerprint density at radius 1 is 1.03 bits per heavy atom. The van der Waals surface area contributed by atoms with Crippen molar-refractivity contribution in [2.75, 3.05) is 24.9 Å². The molecule has 0 saturated carbocycles. The van der Waals surface area contributed by atoms with Crippen LogP contribution in [0.15, 0.2) is 68.2 Å². The second-order valence-electron chi connectivity index (χ2n) is 6.18. The Bertz CT molecular complexity index is 1130. The molecule has 0 radical (unpaired) electrons. The first-order valence-corrected chi connectivity index (χ1v) is 10.5. The third kappa shape index (κ3) is 5.77. The third-order valence-corrected chi connectivity index (χ3v) is 5.16. The molecule has 2 amide bonds. The molecule has 0 aliphatic carbocycles. The third-order valence-electron chi connectivity index (χ3n) is 4.12. The maximum Gasteiger partial charge on any atom is 0.291 e. The molecule has 9 heteroatoms. The van der Waals surface area contributed by atoms with Crippen LogP contribution in [0.2, 0.25) is 0 Å². The molecule has 0 unspecified atom stereocenters. The summed E-state index contributed by atoms with van der Waals surface area (Å²) in [7, 11) is 3.05. The number of rotatable bonds is 7. The number of carbonyl (C=O) groups excluding carboxylic acids is 2. The highest BCUT2D eigenvalue weighted by Gasteiger charge is 2.12. The molecule has 7 nitrogen and oxygen atoms in total. The standard InChI is InChI=1S/C22H18Br2N2O5/c1-29-18-7-6-15(25-22(28)19-4-3-9-31-19)12-17(18)26-20(27)8-5-13-10-14(23)11-16(24)21(13)30-2/h3-12H,1-2H3,(H,25,28)(H,26,27)/b8-5+. The topological polar surface area (TPSA) is 89.8 Å². The van der Waals surface area contributed by atoms with E-state index in [-0.39, 0.29) is 11.7 Å². The van der Waals surface area contributed by atoms with E-state index in [9.17, 15) is 9.59 Å². The van der Waals surface area contributed by atoms with Crippen molar-refractivity contribution in [3.05, 3.63) is 75.1 Å². The highest BCUT2D eigenvalue weighted by molar-refractivity contribution is 9.11. The number of methoxy groups -OCH3 is 2. The number of carbonyl (C=O) groups is 2. The lowest BCUT2D eigenvalue weighted by Crippen LogP contribution is -2.12. The molecule has 2 N–H and O–H groups in total. The molecule has 2 aromatic carbocycles. The molecule has 0 spiro atoms. The molecule has 0 aliphatic heterocycles. The van der Waals surface area contributed by atoms with Crippen LogP contribution in [-0.2, 0) is 4.79 Å². The van der Waals surface area contributed by atoms with Gasteiger partial charge >= 0.3 is 0 Å². The molecule has 160 valence electrons. The van der Waals surface area contributed by atoms with Crippen LogP contribution < -0.4 is 20.1 Å². The van der Waals surface area contributed by atoms with E-state index >= 15 is 0 Å². The first-order chi connectivity index (χ1) is 14.9. The number of benzene rings is 2. The molecular formula is C22H18Br2N2O5. The minimum absolute atomic E-state index is 0.179. The van der Waals surface area contributed by atoms with Crippen LogP contribution in [0.1, 0.15) is 16.1 Å². The summed E-state index contributed by atoms with van der Waals surface area (Å²) in [5, 5.41) is 5.47. The number of hydrogen-bond acceptors (Lipinski definition) is 5. The Morgan fingerprint density at radius 2 is 1.84 bits per heavy atom. The summed E-state index contributed by atoms with van der Waals surface area (Å²) in [6.45, 7) is 0. The molecule has 0 bridgehead atoms. The van der Waals surface area contributed by atoms with Crippen LogP contribution in [0.3, 0.4) is 0 Å². The smallest absolute Gasteiger partial charge is 0.291 e. The lowest BCUT2D eigenvalue weighted by atomic mass is 10.2. The second-order valence-corrected chi connectivity index (χ2v) is 7.95. The van der Waals surface area contributed by atoms with Gasteiger partial charge in [0.15, 0.2) is 5.76 Å². The zero-order valence-corrected chi connectivity index (χ0v) is 19.7. The molecule has 0 aliphatic rings. The molecule has 31 heavy (non-hydrogen) atoms. The van der Waals surface area contributed by atoms with Crippen molar-refractivity contribution < 1.29 is 23.5 Å². The van der Waals surface area contributed by atoms with E-state index < -0.39 is 5.91 Å². The molecule has 1 heterocycles. The van der Waals surface area contributed by atoms with E-state index in [1.165, 1.54) is 19.4 Å². The predicted octanol–water partition coefficient (Wildman–Crippen LogP) is 5.73. The van der Waals surface area contributed by atoms with E-state index in [2.05, 4.69) is 42.5 Å². The van der Waals surface area contributed by atoms with Gasteiger partial charge < -0.3 is 24.5 Å². The molecule has 0 saturated heterocycles. The van der Waals surface area contributed by atoms with Crippen molar-refractivity contribution in [1.82, 2.24) is 0 Å². The lowest BCUT2D eigenvalue weighted by Gasteiger charge is -2.12. The van der Waals surface area contributed by atoms with Crippen LogP contribution in [0, 0.1) is 0 Å². The number of hydrogen-bond donors (Lipinski definition) is 2. The highest BCUT2D eigenvalue weighted by Crippen LogP contribution is 2.33. The molecule has 0 atom stereocenters. The Hall–Kier alpha value is -3.04. The monoisotopic (exact) mass is 548 g/mol. The van der Waals surface area contributed by atoms with Crippen molar-refractivity contribution >= 4 is 61.1 Å². The van der Waals surface area contributed by atoms with Crippen LogP contribution in [-0.4, -0.2) is 26.0 Å². The average Bonchev–Trinajstić information content (AvgIpc) is 3.27. The first kappa shape index (κ1) is 22.6. The number of halogens is 2. The van der Waals surface area contributed by atoms with Gasteiger partial charge in [0, 0.05) is 21.8 Å². The van der Waals surface area contributed by atoms with Gasteiger partial charge in [0.05, 0.1) is 30.6 Å². The van der Waals surface area contributed by atoms with Gasteiger partial charge in [-0.25, -0.2) is 0 Å². The SMILES string of the molecule is COc1ccc(NC(=O)c2ccco2)cc1NC(=O)/C=C/c1cc(Br)cc(Br)c1OC. The van der Waals surface area contributed by atoms with Crippen LogP contribution in [0.4, 0.5) is 11.4 Å². The minimum Gasteiger partial charge on any atom is -0.495 e. The van der Waals surface area contributed by atoms with Crippen LogP contribution in [0.25, 0.3) is 6.08 Å². The number of furan rings is 1. The van der Waals surface area contributed by atoms with Gasteiger partial charge in [-0.3, -0.25) is 9.59 Å². The van der Waals surface area contributed by atoms with Crippen molar-refractivity contribution in [3.63, 3.8) is 0 Å². The molecule has 3 rings (SSSR count). The fraction of sp³-hybridized carbons (Fsp3) is 0.0909. The Balaban J connectivity index is 1.77. The summed E-state index contributed by atoms with van der Waals surface area (Å²) >= 11 is 6.85. The molecule has 0 fully saturated rings. The summed E-state index contributed by atoms with van der Waals surface area (Å²) in [5.74, 6) is 0.442. The average molecular weight is 550 g/mol. The van der Waals surface area contributed by atoms with E-state index in [0.29, 0.717) is 28.4 Å². The molecular weight excluding hydrogens is 532 g/mol. The van der Waals surface area contributed by atoms with Gasteiger partial charge in [-0.1, -0.05) is 15.9 Å². The quantitative estimate of drug-likeness (QED) is 0.367. The second kappa shape index (κ2) is 10.3. The number of nitrogens with one attached hydrogen (secondary N) is 2.